The second-order valence-electron chi connectivity index (χ2n) is 5.85. The predicted molar refractivity (Wildman–Crippen MR) is 76.4 cm³/mol. The van der Waals surface area contributed by atoms with Gasteiger partial charge in [-0.3, -0.25) is 4.79 Å². The number of hydrogen-bond donors (Lipinski definition) is 1. The molecule has 1 amide bonds. The normalized spacial score (nSPS) is 28.7. The van der Waals surface area contributed by atoms with Gasteiger partial charge in [0.2, 0.25) is 5.91 Å². The van der Waals surface area contributed by atoms with Gasteiger partial charge in [-0.1, -0.05) is 6.42 Å². The third kappa shape index (κ3) is 2.42. The Hall–Kier alpha value is -0.900. The lowest BCUT2D eigenvalue weighted by Gasteiger charge is -2.21. The molecule has 1 N–H and O–H groups in total. The maximum Gasteiger partial charge on any atom is 0.227 e. The summed E-state index contributed by atoms with van der Waals surface area (Å²) >= 11 is 3.16. The summed E-state index contributed by atoms with van der Waals surface area (Å²) in [6, 6.07) is 3.09. The number of aryl methyl sites for hydroxylation is 1. The Morgan fingerprint density at radius 2 is 2.16 bits per heavy atom. The highest BCUT2D eigenvalue weighted by molar-refractivity contribution is 9.10. The molecule has 1 aromatic rings. The molecule has 0 aromatic heterocycles. The zero-order valence-electron chi connectivity index (χ0n) is 10.9. The Kier molecular flexibility index (Phi) is 3.37. The van der Waals surface area contributed by atoms with Crippen molar-refractivity contribution in [3.63, 3.8) is 0 Å². The largest absolute Gasteiger partial charge is 0.326 e. The first kappa shape index (κ1) is 13.1. The van der Waals surface area contributed by atoms with Crippen LogP contribution < -0.4 is 5.32 Å². The molecule has 0 heterocycles. The van der Waals surface area contributed by atoms with Gasteiger partial charge in [0.05, 0.1) is 4.47 Å². The number of amides is 1. The summed E-state index contributed by atoms with van der Waals surface area (Å²) in [4.78, 5) is 12.3. The minimum atomic E-state index is -0.296. The number of halogens is 2. The summed E-state index contributed by atoms with van der Waals surface area (Å²) in [5, 5.41) is 2.97. The van der Waals surface area contributed by atoms with Gasteiger partial charge in [0.15, 0.2) is 0 Å². The van der Waals surface area contributed by atoms with Crippen molar-refractivity contribution < 1.29 is 9.18 Å². The van der Waals surface area contributed by atoms with Gasteiger partial charge in [-0.2, -0.15) is 0 Å². The quantitative estimate of drug-likeness (QED) is 0.864. The summed E-state index contributed by atoms with van der Waals surface area (Å²) in [5.74, 6) is 1.28. The van der Waals surface area contributed by atoms with Crippen molar-refractivity contribution in [2.45, 2.75) is 32.6 Å². The smallest absolute Gasteiger partial charge is 0.227 e. The SMILES string of the molecule is Cc1cc(F)c(Br)cc1NC(=O)C1CC2CCC1C2. The lowest BCUT2D eigenvalue weighted by atomic mass is 9.88. The third-order valence-electron chi connectivity index (χ3n) is 4.60. The second kappa shape index (κ2) is 4.89. The fourth-order valence-electron chi connectivity index (χ4n) is 3.57. The van der Waals surface area contributed by atoms with Gasteiger partial charge in [-0.25, -0.2) is 4.39 Å². The van der Waals surface area contributed by atoms with E-state index < -0.39 is 0 Å². The Morgan fingerprint density at radius 3 is 2.79 bits per heavy atom. The molecule has 0 aliphatic heterocycles. The van der Waals surface area contributed by atoms with Gasteiger partial charge in [-0.15, -0.1) is 0 Å². The van der Waals surface area contributed by atoms with E-state index in [1.54, 1.807) is 6.07 Å². The molecular weight excluding hydrogens is 309 g/mol. The molecule has 2 fully saturated rings. The average Bonchev–Trinajstić information content (AvgIpc) is 2.98. The topological polar surface area (TPSA) is 29.1 Å². The van der Waals surface area contributed by atoms with Crippen LogP contribution in [0, 0.1) is 30.5 Å². The van der Waals surface area contributed by atoms with E-state index in [1.165, 1.54) is 25.3 Å². The number of nitrogens with one attached hydrogen (secondary N) is 1. The molecule has 2 bridgehead atoms. The Labute approximate surface area is 120 Å². The van der Waals surface area contributed by atoms with Gasteiger partial charge in [0.1, 0.15) is 5.82 Å². The molecule has 1 aromatic carbocycles. The van der Waals surface area contributed by atoms with Crippen LogP contribution in [-0.4, -0.2) is 5.91 Å². The van der Waals surface area contributed by atoms with E-state index >= 15 is 0 Å². The maximum absolute atomic E-state index is 13.4. The Balaban J connectivity index is 1.75. The minimum Gasteiger partial charge on any atom is -0.326 e. The van der Waals surface area contributed by atoms with Crippen LogP contribution in [0.3, 0.4) is 0 Å². The van der Waals surface area contributed by atoms with E-state index in [1.807, 2.05) is 6.92 Å². The van der Waals surface area contributed by atoms with Gasteiger partial charge in [-0.05, 0) is 71.6 Å². The second-order valence-corrected chi connectivity index (χ2v) is 6.71. The first-order valence-electron chi connectivity index (χ1n) is 6.81. The average molecular weight is 326 g/mol. The molecule has 2 nitrogen and oxygen atoms in total. The standard InChI is InChI=1S/C15H17BrFNO/c1-8-4-13(17)12(16)7-14(8)18-15(19)11-6-9-2-3-10(11)5-9/h4,7,9-11H,2-3,5-6H2,1H3,(H,18,19). The Morgan fingerprint density at radius 1 is 1.37 bits per heavy atom. The number of benzene rings is 1. The van der Waals surface area contributed by atoms with Crippen LogP contribution in [-0.2, 0) is 4.79 Å². The first-order valence-corrected chi connectivity index (χ1v) is 7.60. The highest BCUT2D eigenvalue weighted by Gasteiger charge is 2.43. The van der Waals surface area contributed by atoms with Crippen molar-refractivity contribution in [3.05, 3.63) is 28.0 Å². The number of fused-ring (bicyclic) bond motifs is 2. The lowest BCUT2D eigenvalue weighted by molar-refractivity contribution is -0.121. The monoisotopic (exact) mass is 325 g/mol. The molecule has 19 heavy (non-hydrogen) atoms. The molecule has 102 valence electrons. The van der Waals surface area contributed by atoms with E-state index in [2.05, 4.69) is 21.2 Å². The van der Waals surface area contributed by atoms with Crippen LogP contribution in [0.15, 0.2) is 16.6 Å². The molecule has 3 atom stereocenters. The third-order valence-corrected chi connectivity index (χ3v) is 5.21. The molecule has 0 radical (unpaired) electrons. The molecule has 2 saturated carbocycles. The van der Waals surface area contributed by atoms with Gasteiger partial charge in [0.25, 0.3) is 0 Å². The summed E-state index contributed by atoms with van der Waals surface area (Å²) in [6.45, 7) is 1.81. The zero-order valence-corrected chi connectivity index (χ0v) is 12.5. The maximum atomic E-state index is 13.4. The van der Waals surface area contributed by atoms with E-state index in [-0.39, 0.29) is 17.6 Å². The molecule has 3 rings (SSSR count). The number of carbonyl (C=O) groups excluding carboxylic acids is 1. The van der Waals surface area contributed by atoms with Gasteiger partial charge >= 0.3 is 0 Å². The first-order chi connectivity index (χ1) is 9.04. The van der Waals surface area contributed by atoms with Crippen molar-refractivity contribution in [2.24, 2.45) is 17.8 Å². The highest BCUT2D eigenvalue weighted by atomic mass is 79.9. The summed E-state index contributed by atoms with van der Waals surface area (Å²) in [5.41, 5.74) is 1.47. The zero-order chi connectivity index (χ0) is 13.6. The van der Waals surface area contributed by atoms with E-state index in [0.717, 1.165) is 17.9 Å². The predicted octanol–water partition coefficient (Wildman–Crippen LogP) is 4.27. The van der Waals surface area contributed by atoms with Crippen LogP contribution in [0.4, 0.5) is 10.1 Å². The summed E-state index contributed by atoms with van der Waals surface area (Å²) in [7, 11) is 0. The van der Waals surface area contributed by atoms with Gasteiger partial charge in [0, 0.05) is 11.6 Å². The van der Waals surface area contributed by atoms with E-state index in [0.29, 0.717) is 16.1 Å². The fourth-order valence-corrected chi connectivity index (χ4v) is 3.92. The van der Waals surface area contributed by atoms with Crippen LogP contribution in [0.1, 0.15) is 31.2 Å². The van der Waals surface area contributed by atoms with Crippen LogP contribution in [0.5, 0.6) is 0 Å². The van der Waals surface area contributed by atoms with Crippen LogP contribution in [0.25, 0.3) is 0 Å². The molecule has 0 spiro atoms. The van der Waals surface area contributed by atoms with E-state index in [9.17, 15) is 9.18 Å². The molecule has 0 saturated heterocycles. The van der Waals surface area contributed by atoms with Crippen molar-refractivity contribution in [1.82, 2.24) is 0 Å². The fraction of sp³-hybridized carbons (Fsp3) is 0.533. The number of anilines is 1. The highest BCUT2D eigenvalue weighted by Crippen LogP contribution is 2.48. The molecular formula is C15H17BrFNO. The summed E-state index contributed by atoms with van der Waals surface area (Å²) in [6.07, 6.45) is 4.71. The van der Waals surface area contributed by atoms with Crippen LogP contribution >= 0.6 is 15.9 Å². The molecule has 2 aliphatic rings. The Bertz CT molecular complexity index is 531. The van der Waals surface area contributed by atoms with Crippen molar-refractivity contribution >= 4 is 27.5 Å². The minimum absolute atomic E-state index is 0.105. The molecule has 3 unspecified atom stereocenters. The van der Waals surface area contributed by atoms with Gasteiger partial charge < -0.3 is 5.32 Å². The van der Waals surface area contributed by atoms with Crippen molar-refractivity contribution in [3.8, 4) is 0 Å². The molecule has 2 aliphatic carbocycles. The van der Waals surface area contributed by atoms with Crippen LogP contribution in [0.2, 0.25) is 0 Å². The number of rotatable bonds is 2. The summed E-state index contributed by atoms with van der Waals surface area (Å²) < 4.78 is 13.8. The van der Waals surface area contributed by atoms with E-state index in [4.69, 9.17) is 0 Å². The van der Waals surface area contributed by atoms with Crippen molar-refractivity contribution in [2.75, 3.05) is 5.32 Å². The number of carbonyl (C=O) groups is 1. The van der Waals surface area contributed by atoms with Crippen molar-refractivity contribution in [1.29, 1.82) is 0 Å². The molecule has 4 heteroatoms. The number of hydrogen-bond acceptors (Lipinski definition) is 1. The lowest BCUT2D eigenvalue weighted by Crippen LogP contribution is -2.27.